The number of halogens is 2. The molecule has 3 aromatic heterocycles. The first-order chi connectivity index (χ1) is 23.2. The molecule has 7 rings (SSSR count). The van der Waals surface area contributed by atoms with E-state index in [9.17, 15) is 4.79 Å². The van der Waals surface area contributed by atoms with Crippen LogP contribution in [0.25, 0.3) is 22.2 Å². The van der Waals surface area contributed by atoms with Gasteiger partial charge in [-0.1, -0.05) is 30.3 Å². The van der Waals surface area contributed by atoms with Crippen LogP contribution in [0.5, 0.6) is 0 Å². The summed E-state index contributed by atoms with van der Waals surface area (Å²) in [6, 6.07) is 14.1. The molecule has 13 heteroatoms. The molecule has 1 amide bonds. The minimum absolute atomic E-state index is 0.0517. The zero-order valence-corrected chi connectivity index (χ0v) is 26.9. The van der Waals surface area contributed by atoms with Gasteiger partial charge >= 0.3 is 6.09 Å². The van der Waals surface area contributed by atoms with E-state index in [0.717, 1.165) is 17.3 Å². The number of aromatic nitrogens is 5. The Morgan fingerprint density at radius 3 is 2.58 bits per heavy atom. The van der Waals surface area contributed by atoms with Crippen LogP contribution in [0.15, 0.2) is 67.1 Å². The monoisotopic (exact) mass is 654 g/mol. The second-order valence-corrected chi connectivity index (χ2v) is 12.4. The number of carbonyl (C=O) groups is 1. The van der Waals surface area contributed by atoms with Crippen molar-refractivity contribution in [1.29, 1.82) is 0 Å². The van der Waals surface area contributed by atoms with Gasteiger partial charge in [-0.05, 0) is 50.1 Å². The average molecular weight is 655 g/mol. The lowest BCUT2D eigenvalue weighted by molar-refractivity contribution is -0.0446. The van der Waals surface area contributed by atoms with Crippen molar-refractivity contribution in [1.82, 2.24) is 34.3 Å². The first-order valence-corrected chi connectivity index (χ1v) is 16.0. The highest BCUT2D eigenvalue weighted by Crippen LogP contribution is 2.32. The number of benzene rings is 2. The minimum atomic E-state index is -0.582. The molecule has 2 aliphatic heterocycles. The Labute approximate surface area is 276 Å². The van der Waals surface area contributed by atoms with Gasteiger partial charge in [0.1, 0.15) is 29.6 Å². The Hall–Kier alpha value is -5.01. The van der Waals surface area contributed by atoms with E-state index in [4.69, 9.17) is 9.47 Å². The third kappa shape index (κ3) is 6.43. The summed E-state index contributed by atoms with van der Waals surface area (Å²) in [5.41, 5.74) is 3.24. The van der Waals surface area contributed by atoms with Gasteiger partial charge in [0.2, 0.25) is 5.95 Å². The van der Waals surface area contributed by atoms with Gasteiger partial charge in [0.05, 0.1) is 30.5 Å². The molecule has 0 bridgehead atoms. The van der Waals surface area contributed by atoms with Crippen molar-refractivity contribution in [2.24, 2.45) is 0 Å². The Morgan fingerprint density at radius 2 is 1.81 bits per heavy atom. The summed E-state index contributed by atoms with van der Waals surface area (Å²) in [6.45, 7) is 8.85. The van der Waals surface area contributed by atoms with E-state index < -0.39 is 11.6 Å². The van der Waals surface area contributed by atoms with E-state index in [1.807, 2.05) is 55.7 Å². The number of rotatable bonds is 8. The molecule has 2 atom stereocenters. The molecule has 5 aromatic rings. The summed E-state index contributed by atoms with van der Waals surface area (Å²) >= 11 is 0. The zero-order valence-electron chi connectivity index (χ0n) is 26.9. The van der Waals surface area contributed by atoms with Gasteiger partial charge in [0.15, 0.2) is 5.82 Å². The van der Waals surface area contributed by atoms with E-state index in [2.05, 4.69) is 30.2 Å². The molecule has 2 saturated heterocycles. The fourth-order valence-corrected chi connectivity index (χ4v) is 6.60. The number of morpholine rings is 1. The van der Waals surface area contributed by atoms with Crippen LogP contribution in [0.4, 0.5) is 25.3 Å². The summed E-state index contributed by atoms with van der Waals surface area (Å²) < 4.78 is 43.7. The largest absolute Gasteiger partial charge is 0.445 e. The summed E-state index contributed by atoms with van der Waals surface area (Å²) in [7, 11) is 0. The summed E-state index contributed by atoms with van der Waals surface area (Å²) in [4.78, 5) is 34.3. The molecular formula is C35H36F2N8O3. The third-order valence-corrected chi connectivity index (χ3v) is 8.78. The van der Waals surface area contributed by atoms with Crippen molar-refractivity contribution in [3.8, 4) is 11.1 Å². The molecule has 0 radical (unpaired) electrons. The Kier molecular flexibility index (Phi) is 8.71. The van der Waals surface area contributed by atoms with Crippen LogP contribution in [0.2, 0.25) is 0 Å². The average Bonchev–Trinajstić information content (AvgIpc) is 3.65. The van der Waals surface area contributed by atoms with Crippen LogP contribution in [-0.2, 0) is 22.6 Å². The van der Waals surface area contributed by atoms with Crippen molar-refractivity contribution in [2.75, 3.05) is 31.6 Å². The summed E-state index contributed by atoms with van der Waals surface area (Å²) in [5, 5.41) is 3.03. The van der Waals surface area contributed by atoms with Gasteiger partial charge < -0.3 is 19.4 Å². The van der Waals surface area contributed by atoms with E-state index in [1.165, 1.54) is 12.1 Å². The Bertz CT molecular complexity index is 1940. The number of hydrogen-bond acceptors (Lipinski definition) is 9. The molecule has 48 heavy (non-hydrogen) atoms. The highest BCUT2D eigenvalue weighted by Gasteiger charge is 2.42. The maximum atomic E-state index is 15.1. The summed E-state index contributed by atoms with van der Waals surface area (Å²) in [5.74, 6) is 0.181. The second kappa shape index (κ2) is 13.2. The number of carbonyl (C=O) groups excluding carboxylic acids is 1. The number of aryl methyl sites for hydroxylation is 1. The fraction of sp³-hybridized carbons (Fsp3) is 0.343. The highest BCUT2D eigenvalue weighted by atomic mass is 19.1. The van der Waals surface area contributed by atoms with Crippen LogP contribution >= 0.6 is 0 Å². The van der Waals surface area contributed by atoms with Crippen LogP contribution in [0.1, 0.15) is 36.8 Å². The van der Waals surface area contributed by atoms with E-state index in [0.29, 0.717) is 55.5 Å². The molecule has 11 nitrogen and oxygen atoms in total. The number of nitrogens with one attached hydrogen (secondary N) is 1. The van der Waals surface area contributed by atoms with Crippen molar-refractivity contribution in [2.45, 2.75) is 52.1 Å². The quantitative estimate of drug-likeness (QED) is 0.215. The molecule has 0 spiro atoms. The fourth-order valence-electron chi connectivity index (χ4n) is 6.60. The van der Waals surface area contributed by atoms with Crippen LogP contribution in [0.3, 0.4) is 0 Å². The third-order valence-electron chi connectivity index (χ3n) is 8.78. The molecule has 0 aliphatic carbocycles. The zero-order chi connectivity index (χ0) is 33.4. The first-order valence-electron chi connectivity index (χ1n) is 16.0. The maximum absolute atomic E-state index is 15.1. The Morgan fingerprint density at radius 1 is 1.02 bits per heavy atom. The van der Waals surface area contributed by atoms with Crippen molar-refractivity contribution < 1.29 is 23.0 Å². The van der Waals surface area contributed by atoms with Gasteiger partial charge in [-0.3, -0.25) is 9.80 Å². The molecule has 0 unspecified atom stereocenters. The van der Waals surface area contributed by atoms with Crippen molar-refractivity contribution in [3.63, 3.8) is 0 Å². The van der Waals surface area contributed by atoms with Crippen LogP contribution in [-0.4, -0.2) is 78.8 Å². The lowest BCUT2D eigenvalue weighted by Gasteiger charge is -2.36. The number of fused-ring (bicyclic) bond motifs is 2. The van der Waals surface area contributed by atoms with Gasteiger partial charge in [0.25, 0.3) is 0 Å². The number of amides is 1. The van der Waals surface area contributed by atoms with Gasteiger partial charge in [-0.2, -0.15) is 0 Å². The minimum Gasteiger partial charge on any atom is -0.445 e. The van der Waals surface area contributed by atoms with Gasteiger partial charge in [-0.15, -0.1) is 0 Å². The highest BCUT2D eigenvalue weighted by molar-refractivity contribution is 5.84. The Balaban J connectivity index is 1.00. The standard InChI is InChI=1S/C35H36F2N8O3/c1-21(2)45-22(3)41-33-27(36)11-25(12-29(33)45)26-13-32(38-16-28(26)37)42-34-39-14-24(15-40-34)17-43-18-30-31(19-43)47-10-9-44(30)35(46)48-20-23-7-5-4-6-8-23/h4-8,11-16,21,30-31H,9-10,17-20H2,1-3H3,(H,38,39,40,42)/t30-,31+/m0/s1. The van der Waals surface area contributed by atoms with E-state index in [1.54, 1.807) is 23.4 Å². The van der Waals surface area contributed by atoms with Crippen LogP contribution < -0.4 is 5.32 Å². The molecule has 2 fully saturated rings. The lowest BCUT2D eigenvalue weighted by Crippen LogP contribution is -2.53. The number of hydrogen-bond donors (Lipinski definition) is 1. The molecular weight excluding hydrogens is 618 g/mol. The number of nitrogens with zero attached hydrogens (tertiary/aromatic N) is 7. The topological polar surface area (TPSA) is 111 Å². The smallest absolute Gasteiger partial charge is 0.410 e. The number of likely N-dealkylation sites (tertiary alicyclic amines) is 1. The lowest BCUT2D eigenvalue weighted by atomic mass is 10.0. The number of imidazole rings is 1. The van der Waals surface area contributed by atoms with Crippen molar-refractivity contribution in [3.05, 3.63) is 95.7 Å². The van der Waals surface area contributed by atoms with Gasteiger partial charge in [-0.25, -0.2) is 33.5 Å². The normalized spacial score (nSPS) is 18.0. The molecule has 2 aliphatic rings. The van der Waals surface area contributed by atoms with Crippen LogP contribution in [0, 0.1) is 18.6 Å². The SMILES string of the molecule is Cc1nc2c(F)cc(-c3cc(Nc4ncc(CN5C[C@H]6OCCN(C(=O)OCc7ccccc7)[C@H]6C5)cn4)ncc3F)cc2n1C(C)C. The molecule has 5 heterocycles. The van der Waals surface area contributed by atoms with Gasteiger partial charge in [0, 0.05) is 55.7 Å². The first kappa shape index (κ1) is 31.6. The number of anilines is 2. The number of ether oxygens (including phenoxy) is 2. The van der Waals surface area contributed by atoms with E-state index >= 15 is 8.78 Å². The van der Waals surface area contributed by atoms with E-state index in [-0.39, 0.29) is 47.9 Å². The maximum Gasteiger partial charge on any atom is 0.410 e. The molecule has 248 valence electrons. The second-order valence-electron chi connectivity index (χ2n) is 12.4. The molecule has 2 aromatic carbocycles. The summed E-state index contributed by atoms with van der Waals surface area (Å²) in [6.07, 6.45) is 4.08. The molecule has 1 N–H and O–H groups in total. The molecule has 0 saturated carbocycles. The number of pyridine rings is 1. The van der Waals surface area contributed by atoms with Crippen molar-refractivity contribution >= 4 is 28.9 Å². The predicted molar refractivity (Wildman–Crippen MR) is 175 cm³/mol. The predicted octanol–water partition coefficient (Wildman–Crippen LogP) is 6.02.